The van der Waals surface area contributed by atoms with E-state index < -0.39 is 30.2 Å². The van der Waals surface area contributed by atoms with Crippen molar-refractivity contribution in [3.05, 3.63) is 23.9 Å². The molecular weight excluding hydrogens is 341 g/mol. The van der Waals surface area contributed by atoms with Crippen LogP contribution in [0.15, 0.2) is 18.3 Å². The first-order chi connectivity index (χ1) is 11.6. The van der Waals surface area contributed by atoms with Gasteiger partial charge >= 0.3 is 12.1 Å². The van der Waals surface area contributed by atoms with Crippen molar-refractivity contribution in [3.63, 3.8) is 0 Å². The van der Waals surface area contributed by atoms with Crippen LogP contribution in [0.3, 0.4) is 0 Å². The fourth-order valence-electron chi connectivity index (χ4n) is 2.72. The third-order valence-electron chi connectivity index (χ3n) is 4.27. The molecule has 0 saturated heterocycles. The van der Waals surface area contributed by atoms with Crippen LogP contribution in [0.1, 0.15) is 43.0 Å². The number of amides is 1. The predicted molar refractivity (Wildman–Crippen MR) is 81.3 cm³/mol. The summed E-state index contributed by atoms with van der Waals surface area (Å²) in [6.45, 7) is 0.489. The van der Waals surface area contributed by atoms with Gasteiger partial charge in [0.1, 0.15) is 5.54 Å². The standard InChI is InChI=1S/C16H19F3N2O4/c1-10-2-5-15(6-3-10,14(23)24)21-13(22)11-4-7-20-12(8-11)25-9-16(17,18)19/h4,7-8,10H,2-3,5-6,9H2,1H3,(H,21,22)(H,23,24). The fourth-order valence-corrected chi connectivity index (χ4v) is 2.72. The van der Waals surface area contributed by atoms with Crippen LogP contribution >= 0.6 is 0 Å². The smallest absolute Gasteiger partial charge is 0.422 e. The van der Waals surface area contributed by atoms with Gasteiger partial charge in [0.15, 0.2) is 6.61 Å². The minimum atomic E-state index is -4.52. The summed E-state index contributed by atoms with van der Waals surface area (Å²) < 4.78 is 41.1. The molecule has 1 aromatic rings. The topological polar surface area (TPSA) is 88.5 Å². The number of aromatic nitrogens is 1. The number of halogens is 3. The van der Waals surface area contributed by atoms with E-state index >= 15 is 0 Å². The monoisotopic (exact) mass is 360 g/mol. The summed E-state index contributed by atoms with van der Waals surface area (Å²) in [6.07, 6.45) is -1.44. The normalized spacial score (nSPS) is 23.8. The lowest BCUT2D eigenvalue weighted by Gasteiger charge is -2.36. The van der Waals surface area contributed by atoms with Gasteiger partial charge in [-0.1, -0.05) is 6.92 Å². The first-order valence-electron chi connectivity index (χ1n) is 7.83. The van der Waals surface area contributed by atoms with Gasteiger partial charge in [0.25, 0.3) is 5.91 Å². The Kier molecular flexibility index (Phi) is 5.54. The van der Waals surface area contributed by atoms with Crippen molar-refractivity contribution >= 4 is 11.9 Å². The highest BCUT2D eigenvalue weighted by Crippen LogP contribution is 2.32. The van der Waals surface area contributed by atoms with Crippen molar-refractivity contribution in [1.29, 1.82) is 0 Å². The van der Waals surface area contributed by atoms with Gasteiger partial charge in [0, 0.05) is 17.8 Å². The van der Waals surface area contributed by atoms with Crippen LogP contribution in [0, 0.1) is 5.92 Å². The molecule has 2 rings (SSSR count). The molecule has 0 spiro atoms. The first kappa shape index (κ1) is 19.0. The number of alkyl halides is 3. The number of nitrogens with zero attached hydrogens (tertiary/aromatic N) is 1. The third-order valence-corrected chi connectivity index (χ3v) is 4.27. The molecular formula is C16H19F3N2O4. The Morgan fingerprint density at radius 2 is 2.04 bits per heavy atom. The maximum atomic E-state index is 12.4. The van der Waals surface area contributed by atoms with Crippen molar-refractivity contribution in [3.8, 4) is 5.88 Å². The second kappa shape index (κ2) is 7.28. The summed E-state index contributed by atoms with van der Waals surface area (Å²) >= 11 is 0. The maximum absolute atomic E-state index is 12.4. The zero-order valence-corrected chi connectivity index (χ0v) is 13.6. The Labute approximate surface area is 142 Å². The molecule has 1 aromatic heterocycles. The zero-order valence-electron chi connectivity index (χ0n) is 13.6. The Morgan fingerprint density at radius 1 is 1.40 bits per heavy atom. The summed E-state index contributed by atoms with van der Waals surface area (Å²) in [7, 11) is 0. The Bertz CT molecular complexity index is 641. The second-order valence-electron chi connectivity index (χ2n) is 6.31. The van der Waals surface area contributed by atoms with Gasteiger partial charge in [-0.3, -0.25) is 4.79 Å². The Balaban J connectivity index is 2.10. The fraction of sp³-hybridized carbons (Fsp3) is 0.562. The number of ether oxygens (including phenoxy) is 1. The summed E-state index contributed by atoms with van der Waals surface area (Å²) in [5, 5.41) is 12.0. The molecule has 0 aliphatic heterocycles. The molecule has 1 aliphatic carbocycles. The van der Waals surface area contributed by atoms with E-state index in [1.807, 2.05) is 6.92 Å². The van der Waals surface area contributed by atoms with Gasteiger partial charge in [-0.2, -0.15) is 13.2 Å². The van der Waals surface area contributed by atoms with Crippen LogP contribution in [0.5, 0.6) is 5.88 Å². The minimum absolute atomic E-state index is 0.00794. The van der Waals surface area contributed by atoms with Crippen molar-refractivity contribution in [1.82, 2.24) is 10.3 Å². The molecule has 9 heteroatoms. The Morgan fingerprint density at radius 3 is 2.60 bits per heavy atom. The number of hydrogen-bond acceptors (Lipinski definition) is 4. The van der Waals surface area contributed by atoms with E-state index in [0.29, 0.717) is 31.6 Å². The van der Waals surface area contributed by atoms with Gasteiger partial charge in [0.2, 0.25) is 5.88 Å². The molecule has 1 aliphatic rings. The lowest BCUT2D eigenvalue weighted by molar-refractivity contribution is -0.154. The van der Waals surface area contributed by atoms with Gasteiger partial charge in [-0.15, -0.1) is 0 Å². The van der Waals surface area contributed by atoms with Crippen LogP contribution < -0.4 is 10.1 Å². The number of carbonyl (C=O) groups excluding carboxylic acids is 1. The summed E-state index contributed by atoms with van der Waals surface area (Å²) in [5.41, 5.74) is -1.37. The van der Waals surface area contributed by atoms with Crippen molar-refractivity contribution in [2.24, 2.45) is 5.92 Å². The minimum Gasteiger partial charge on any atom is -0.480 e. The van der Waals surface area contributed by atoms with Crippen molar-refractivity contribution in [2.75, 3.05) is 6.61 Å². The number of pyridine rings is 1. The molecule has 0 radical (unpaired) electrons. The molecule has 138 valence electrons. The molecule has 0 unspecified atom stereocenters. The van der Waals surface area contributed by atoms with Crippen molar-refractivity contribution < 1.29 is 32.6 Å². The van der Waals surface area contributed by atoms with E-state index in [-0.39, 0.29) is 11.4 Å². The van der Waals surface area contributed by atoms with Crippen LogP contribution in [0.25, 0.3) is 0 Å². The number of hydrogen-bond donors (Lipinski definition) is 2. The van der Waals surface area contributed by atoms with Crippen LogP contribution in [-0.4, -0.2) is 40.3 Å². The first-order valence-corrected chi connectivity index (χ1v) is 7.83. The number of carboxylic acid groups (broad SMARTS) is 1. The number of carboxylic acids is 1. The molecule has 0 aromatic carbocycles. The predicted octanol–water partition coefficient (Wildman–Crippen LogP) is 2.79. The molecule has 6 nitrogen and oxygen atoms in total. The second-order valence-corrected chi connectivity index (χ2v) is 6.31. The van der Waals surface area contributed by atoms with E-state index in [1.54, 1.807) is 0 Å². The summed E-state index contributed by atoms with van der Waals surface area (Å²) in [6, 6.07) is 2.35. The largest absolute Gasteiger partial charge is 0.480 e. The number of rotatable bonds is 5. The summed E-state index contributed by atoms with van der Waals surface area (Å²) in [5.74, 6) is -1.77. The van der Waals surface area contributed by atoms with E-state index in [2.05, 4.69) is 15.0 Å². The zero-order chi connectivity index (χ0) is 18.7. The van der Waals surface area contributed by atoms with Crippen molar-refractivity contribution in [2.45, 2.75) is 44.3 Å². The maximum Gasteiger partial charge on any atom is 0.422 e. The van der Waals surface area contributed by atoms with Gasteiger partial charge < -0.3 is 15.2 Å². The SMILES string of the molecule is CC1CCC(NC(=O)c2ccnc(OCC(F)(F)F)c2)(C(=O)O)CC1. The van der Waals surface area contributed by atoms with E-state index in [0.717, 1.165) is 12.3 Å². The number of nitrogens with one attached hydrogen (secondary N) is 1. The molecule has 0 atom stereocenters. The molecule has 1 saturated carbocycles. The van der Waals surface area contributed by atoms with E-state index in [4.69, 9.17) is 0 Å². The highest BCUT2D eigenvalue weighted by molar-refractivity contribution is 5.98. The molecule has 1 amide bonds. The lowest BCUT2D eigenvalue weighted by Crippen LogP contribution is -2.56. The van der Waals surface area contributed by atoms with Gasteiger partial charge in [0.05, 0.1) is 0 Å². The highest BCUT2D eigenvalue weighted by atomic mass is 19.4. The quantitative estimate of drug-likeness (QED) is 0.843. The van der Waals surface area contributed by atoms with E-state index in [1.165, 1.54) is 6.07 Å². The van der Waals surface area contributed by atoms with Crippen LogP contribution in [0.4, 0.5) is 13.2 Å². The van der Waals surface area contributed by atoms with Crippen LogP contribution in [0.2, 0.25) is 0 Å². The van der Waals surface area contributed by atoms with Crippen LogP contribution in [-0.2, 0) is 4.79 Å². The average Bonchev–Trinajstić information content (AvgIpc) is 2.54. The van der Waals surface area contributed by atoms with Gasteiger partial charge in [-0.05, 0) is 37.7 Å². The molecule has 2 N–H and O–H groups in total. The lowest BCUT2D eigenvalue weighted by atomic mass is 9.77. The molecule has 25 heavy (non-hydrogen) atoms. The summed E-state index contributed by atoms with van der Waals surface area (Å²) in [4.78, 5) is 27.6. The number of aliphatic carboxylic acids is 1. The average molecular weight is 360 g/mol. The number of carbonyl (C=O) groups is 2. The van der Waals surface area contributed by atoms with Gasteiger partial charge in [-0.25, -0.2) is 9.78 Å². The molecule has 1 heterocycles. The van der Waals surface area contributed by atoms with E-state index in [9.17, 15) is 27.9 Å². The highest BCUT2D eigenvalue weighted by Gasteiger charge is 2.42. The molecule has 1 fully saturated rings. The molecule has 0 bridgehead atoms. The Hall–Kier alpha value is -2.32. The third kappa shape index (κ3) is 5.07.